The van der Waals surface area contributed by atoms with E-state index >= 15 is 0 Å². The number of hydrogen-bond donors (Lipinski definition) is 1. The van der Waals surface area contributed by atoms with Crippen LogP contribution in [0, 0.1) is 5.82 Å². The van der Waals surface area contributed by atoms with Crippen molar-refractivity contribution < 1.29 is 4.39 Å². The second-order valence-corrected chi connectivity index (χ2v) is 6.92. The maximum atomic E-state index is 14.4. The molecular weight excluding hydrogens is 453 g/mol. The molecule has 1 N–H and O–H groups in total. The average Bonchev–Trinajstić information content (AvgIpc) is 2.43. The third-order valence-corrected chi connectivity index (χ3v) is 4.80. The van der Waals surface area contributed by atoms with E-state index in [9.17, 15) is 4.39 Å². The fourth-order valence-corrected chi connectivity index (χ4v) is 3.31. The molecule has 0 saturated carbocycles. The van der Waals surface area contributed by atoms with Gasteiger partial charge in [-0.15, -0.1) is 0 Å². The SMILES string of the molecule is CCNC(c1cc(Br)ccc1Br)c1cccc(Br)c1F. The quantitative estimate of drug-likeness (QED) is 0.600. The molecule has 0 aliphatic carbocycles. The second-order valence-electron chi connectivity index (χ2n) is 4.30. The Morgan fingerprint density at radius 1 is 1.05 bits per heavy atom. The van der Waals surface area contributed by atoms with Crippen LogP contribution in [-0.4, -0.2) is 6.54 Å². The minimum absolute atomic E-state index is 0.204. The first kappa shape index (κ1) is 16.1. The number of benzene rings is 2. The van der Waals surface area contributed by atoms with E-state index in [1.54, 1.807) is 12.1 Å². The first-order chi connectivity index (χ1) is 9.54. The lowest BCUT2D eigenvalue weighted by molar-refractivity contribution is 0.554. The lowest BCUT2D eigenvalue weighted by Gasteiger charge is -2.21. The number of rotatable bonds is 4. The van der Waals surface area contributed by atoms with Crippen molar-refractivity contribution in [3.8, 4) is 0 Å². The maximum Gasteiger partial charge on any atom is 0.142 e. The van der Waals surface area contributed by atoms with Crippen molar-refractivity contribution in [1.82, 2.24) is 5.32 Å². The fraction of sp³-hybridized carbons (Fsp3) is 0.200. The molecule has 2 aromatic carbocycles. The van der Waals surface area contributed by atoms with Crippen LogP contribution in [0.2, 0.25) is 0 Å². The highest BCUT2D eigenvalue weighted by atomic mass is 79.9. The predicted molar refractivity (Wildman–Crippen MR) is 91.5 cm³/mol. The van der Waals surface area contributed by atoms with Crippen LogP contribution in [0.4, 0.5) is 4.39 Å². The van der Waals surface area contributed by atoms with Gasteiger partial charge in [0, 0.05) is 14.5 Å². The smallest absolute Gasteiger partial charge is 0.142 e. The van der Waals surface area contributed by atoms with Crippen molar-refractivity contribution in [3.63, 3.8) is 0 Å². The molecular formula is C15H13Br3FN. The van der Waals surface area contributed by atoms with Crippen LogP contribution in [0.15, 0.2) is 49.8 Å². The summed E-state index contributed by atoms with van der Waals surface area (Å²) in [5.41, 5.74) is 1.62. The second kappa shape index (κ2) is 7.16. The Morgan fingerprint density at radius 3 is 2.50 bits per heavy atom. The summed E-state index contributed by atoms with van der Waals surface area (Å²) in [5.74, 6) is -0.231. The maximum absolute atomic E-state index is 14.4. The third-order valence-electron chi connectivity index (χ3n) is 2.97. The van der Waals surface area contributed by atoms with E-state index < -0.39 is 0 Å². The predicted octanol–water partition coefficient (Wildman–Crippen LogP) is 5.81. The molecule has 20 heavy (non-hydrogen) atoms. The highest BCUT2D eigenvalue weighted by Crippen LogP contribution is 2.33. The normalized spacial score (nSPS) is 12.4. The number of nitrogens with one attached hydrogen (secondary N) is 1. The number of hydrogen-bond acceptors (Lipinski definition) is 1. The van der Waals surface area contributed by atoms with Gasteiger partial charge in [-0.25, -0.2) is 4.39 Å². The summed E-state index contributed by atoms with van der Waals surface area (Å²) < 4.78 is 16.8. The summed E-state index contributed by atoms with van der Waals surface area (Å²) in [6, 6.07) is 11.1. The van der Waals surface area contributed by atoms with Crippen molar-refractivity contribution in [3.05, 3.63) is 66.8 Å². The summed E-state index contributed by atoms with van der Waals surface area (Å²) >= 11 is 10.3. The summed E-state index contributed by atoms with van der Waals surface area (Å²) in [5, 5.41) is 3.34. The molecule has 0 radical (unpaired) electrons. The summed E-state index contributed by atoms with van der Waals surface area (Å²) in [6.45, 7) is 2.75. The lowest BCUT2D eigenvalue weighted by Crippen LogP contribution is -2.23. The molecule has 0 saturated heterocycles. The van der Waals surface area contributed by atoms with E-state index in [1.165, 1.54) is 0 Å². The monoisotopic (exact) mass is 463 g/mol. The van der Waals surface area contributed by atoms with Gasteiger partial charge in [0.1, 0.15) is 5.82 Å². The average molecular weight is 466 g/mol. The molecule has 106 valence electrons. The molecule has 0 aromatic heterocycles. The molecule has 0 heterocycles. The van der Waals surface area contributed by atoms with Gasteiger partial charge in [0.05, 0.1) is 10.5 Å². The Balaban J connectivity index is 2.56. The fourth-order valence-electron chi connectivity index (χ4n) is 2.07. The zero-order valence-corrected chi connectivity index (χ0v) is 15.5. The van der Waals surface area contributed by atoms with Gasteiger partial charge >= 0.3 is 0 Å². The molecule has 2 rings (SSSR count). The van der Waals surface area contributed by atoms with Gasteiger partial charge < -0.3 is 5.32 Å². The first-order valence-electron chi connectivity index (χ1n) is 6.16. The molecule has 0 aliphatic rings. The van der Waals surface area contributed by atoms with Crippen LogP contribution in [0.5, 0.6) is 0 Å². The van der Waals surface area contributed by atoms with Gasteiger partial charge in [0.2, 0.25) is 0 Å². The van der Waals surface area contributed by atoms with Gasteiger partial charge in [0.25, 0.3) is 0 Å². The van der Waals surface area contributed by atoms with Crippen LogP contribution in [-0.2, 0) is 0 Å². The van der Waals surface area contributed by atoms with E-state index in [-0.39, 0.29) is 11.9 Å². The lowest BCUT2D eigenvalue weighted by atomic mass is 9.98. The van der Waals surface area contributed by atoms with Crippen LogP contribution >= 0.6 is 47.8 Å². The zero-order chi connectivity index (χ0) is 14.7. The topological polar surface area (TPSA) is 12.0 Å². The van der Waals surface area contributed by atoms with Gasteiger partial charge in [-0.05, 0) is 52.3 Å². The van der Waals surface area contributed by atoms with Crippen molar-refractivity contribution >= 4 is 47.8 Å². The molecule has 1 unspecified atom stereocenters. The first-order valence-corrected chi connectivity index (χ1v) is 8.54. The molecule has 1 atom stereocenters. The Kier molecular flexibility index (Phi) is 5.78. The van der Waals surface area contributed by atoms with Gasteiger partial charge in [-0.3, -0.25) is 0 Å². The molecule has 0 fully saturated rings. The highest BCUT2D eigenvalue weighted by molar-refractivity contribution is 9.11. The van der Waals surface area contributed by atoms with E-state index in [2.05, 4.69) is 53.1 Å². The van der Waals surface area contributed by atoms with Gasteiger partial charge in [-0.1, -0.05) is 50.9 Å². The van der Waals surface area contributed by atoms with E-state index in [4.69, 9.17) is 0 Å². The molecule has 2 aromatic rings. The number of halogens is 4. The largest absolute Gasteiger partial charge is 0.306 e. The summed E-state index contributed by atoms with van der Waals surface area (Å²) in [7, 11) is 0. The Bertz CT molecular complexity index is 614. The van der Waals surface area contributed by atoms with Gasteiger partial charge in [0.15, 0.2) is 0 Å². The van der Waals surface area contributed by atoms with Crippen molar-refractivity contribution in [2.24, 2.45) is 0 Å². The standard InChI is InChI=1S/C15H13Br3FN/c1-2-20-15(10-4-3-5-13(18)14(10)19)11-8-9(16)6-7-12(11)17/h3-8,15,20H,2H2,1H3. The van der Waals surface area contributed by atoms with E-state index in [0.29, 0.717) is 10.0 Å². The Hall–Kier alpha value is -0.230. The van der Waals surface area contributed by atoms with Crippen molar-refractivity contribution in [1.29, 1.82) is 0 Å². The molecule has 0 aliphatic heterocycles. The third kappa shape index (κ3) is 3.50. The van der Waals surface area contributed by atoms with Crippen molar-refractivity contribution in [2.45, 2.75) is 13.0 Å². The summed E-state index contributed by atoms with van der Waals surface area (Å²) in [4.78, 5) is 0. The van der Waals surface area contributed by atoms with Crippen LogP contribution in [0.1, 0.15) is 24.1 Å². The molecule has 0 bridgehead atoms. The minimum atomic E-state index is -0.231. The highest BCUT2D eigenvalue weighted by Gasteiger charge is 2.20. The van der Waals surface area contributed by atoms with Crippen LogP contribution in [0.3, 0.4) is 0 Å². The minimum Gasteiger partial charge on any atom is -0.306 e. The van der Waals surface area contributed by atoms with Crippen molar-refractivity contribution in [2.75, 3.05) is 6.54 Å². The summed E-state index contributed by atoms with van der Waals surface area (Å²) in [6.07, 6.45) is 0. The molecule has 0 amide bonds. The molecule has 0 spiro atoms. The Morgan fingerprint density at radius 2 is 1.80 bits per heavy atom. The zero-order valence-electron chi connectivity index (χ0n) is 10.8. The van der Waals surface area contributed by atoms with E-state index in [0.717, 1.165) is 21.1 Å². The molecule has 5 heteroatoms. The molecule has 1 nitrogen and oxygen atoms in total. The van der Waals surface area contributed by atoms with E-state index in [1.807, 2.05) is 31.2 Å². The van der Waals surface area contributed by atoms with Crippen LogP contribution in [0.25, 0.3) is 0 Å². The van der Waals surface area contributed by atoms with Crippen LogP contribution < -0.4 is 5.32 Å². The van der Waals surface area contributed by atoms with Gasteiger partial charge in [-0.2, -0.15) is 0 Å². The Labute approximate surface area is 143 Å².